The van der Waals surface area contributed by atoms with Crippen LogP contribution < -0.4 is 0 Å². The zero-order valence-electron chi connectivity index (χ0n) is 8.91. The number of fused-ring (bicyclic) bond motifs is 2. The van der Waals surface area contributed by atoms with Gasteiger partial charge in [0, 0.05) is 0 Å². The van der Waals surface area contributed by atoms with Gasteiger partial charge >= 0.3 is 0 Å². The average molecular weight is 242 g/mol. The van der Waals surface area contributed by atoms with Crippen LogP contribution in [0, 0.1) is 0 Å². The number of ketones is 2. The molecule has 1 aromatic heterocycles. The summed E-state index contributed by atoms with van der Waals surface area (Å²) in [5.41, 5.74) is -0.243. The Hall–Kier alpha value is -2.76. The summed E-state index contributed by atoms with van der Waals surface area (Å²) in [6.45, 7) is 0. The second kappa shape index (κ2) is 3.36. The molecule has 1 heterocycles. The highest BCUT2D eigenvalue weighted by Crippen LogP contribution is 2.36. The Bertz CT molecular complexity index is 649. The maximum absolute atomic E-state index is 12.1. The average Bonchev–Trinajstić information content (AvgIpc) is 2.38. The molecule has 6 heteroatoms. The number of benzene rings is 1. The topological polar surface area (TPSA) is 100 Å². The lowest BCUT2D eigenvalue weighted by Gasteiger charge is -2.17. The molecule has 1 aliphatic carbocycles. The van der Waals surface area contributed by atoms with Crippen LogP contribution in [-0.4, -0.2) is 32.0 Å². The zero-order valence-corrected chi connectivity index (χ0v) is 8.91. The monoisotopic (exact) mass is 242 g/mol. The third kappa shape index (κ3) is 1.17. The predicted molar refractivity (Wildman–Crippen MR) is 58.7 cm³/mol. The van der Waals surface area contributed by atoms with Crippen LogP contribution in [0.2, 0.25) is 0 Å². The molecular weight excluding hydrogens is 236 g/mol. The molecule has 0 radical (unpaired) electrons. The van der Waals surface area contributed by atoms with Crippen molar-refractivity contribution in [1.82, 2.24) is 10.2 Å². The minimum atomic E-state index is -0.553. The number of rotatable bonds is 0. The number of nitrogens with zero attached hydrogens (tertiary/aromatic N) is 2. The molecule has 0 spiro atoms. The van der Waals surface area contributed by atoms with E-state index in [2.05, 4.69) is 10.2 Å². The normalized spacial score (nSPS) is 13.1. The standard InChI is InChI=1S/C12H6N2O4/c15-7-1-2-8(16)10-9(7)11(17)5-3-13-14-4-6(5)12(10)18/h1-4,15-16H. The lowest BCUT2D eigenvalue weighted by molar-refractivity contribution is 0.0973. The molecule has 1 aromatic carbocycles. The van der Waals surface area contributed by atoms with Crippen molar-refractivity contribution in [3.63, 3.8) is 0 Å². The van der Waals surface area contributed by atoms with Crippen LogP contribution in [0.4, 0.5) is 0 Å². The molecule has 1 aliphatic rings. The molecule has 0 amide bonds. The van der Waals surface area contributed by atoms with Crippen molar-refractivity contribution in [3.05, 3.63) is 46.8 Å². The van der Waals surface area contributed by atoms with Gasteiger partial charge in [0.2, 0.25) is 0 Å². The molecule has 0 atom stereocenters. The van der Waals surface area contributed by atoms with Gasteiger partial charge < -0.3 is 10.2 Å². The summed E-state index contributed by atoms with van der Waals surface area (Å²) in [7, 11) is 0. The van der Waals surface area contributed by atoms with Gasteiger partial charge in [0.1, 0.15) is 11.5 Å². The van der Waals surface area contributed by atoms with Crippen LogP contribution >= 0.6 is 0 Å². The number of phenolic OH excluding ortho intramolecular Hbond substituents is 2. The van der Waals surface area contributed by atoms with Gasteiger partial charge in [0.25, 0.3) is 0 Å². The number of carbonyl (C=O) groups is 2. The molecule has 0 saturated carbocycles. The first-order chi connectivity index (χ1) is 8.61. The minimum absolute atomic E-state index is 0.0726. The fourth-order valence-electron chi connectivity index (χ4n) is 1.99. The van der Waals surface area contributed by atoms with E-state index in [1.54, 1.807) is 0 Å². The van der Waals surface area contributed by atoms with Crippen molar-refractivity contribution in [2.45, 2.75) is 0 Å². The SMILES string of the molecule is O=C1c2cnncc2C(=O)c2c(O)ccc(O)c21. The Balaban J connectivity index is 2.41. The second-order valence-corrected chi connectivity index (χ2v) is 3.83. The summed E-state index contributed by atoms with van der Waals surface area (Å²) >= 11 is 0. The second-order valence-electron chi connectivity index (χ2n) is 3.83. The molecule has 88 valence electrons. The van der Waals surface area contributed by atoms with Crippen LogP contribution in [-0.2, 0) is 0 Å². The van der Waals surface area contributed by atoms with Crippen molar-refractivity contribution >= 4 is 11.6 Å². The Morgan fingerprint density at radius 3 is 1.56 bits per heavy atom. The fraction of sp³-hybridized carbons (Fsp3) is 0. The first kappa shape index (κ1) is 10.4. The van der Waals surface area contributed by atoms with Crippen molar-refractivity contribution in [2.24, 2.45) is 0 Å². The summed E-state index contributed by atoms with van der Waals surface area (Å²) in [4.78, 5) is 24.3. The number of carbonyl (C=O) groups excluding carboxylic acids is 2. The van der Waals surface area contributed by atoms with E-state index in [1.165, 1.54) is 24.5 Å². The molecule has 0 bridgehead atoms. The van der Waals surface area contributed by atoms with Crippen molar-refractivity contribution in [3.8, 4) is 11.5 Å². The fourth-order valence-corrected chi connectivity index (χ4v) is 1.99. The highest BCUT2D eigenvalue weighted by atomic mass is 16.3. The van der Waals surface area contributed by atoms with E-state index in [9.17, 15) is 19.8 Å². The third-order valence-corrected chi connectivity index (χ3v) is 2.84. The van der Waals surface area contributed by atoms with E-state index in [0.29, 0.717) is 0 Å². The molecule has 0 fully saturated rings. The smallest absolute Gasteiger partial charge is 0.200 e. The Labute approximate surface area is 101 Å². The van der Waals surface area contributed by atoms with Crippen molar-refractivity contribution in [1.29, 1.82) is 0 Å². The van der Waals surface area contributed by atoms with Crippen molar-refractivity contribution in [2.75, 3.05) is 0 Å². The third-order valence-electron chi connectivity index (χ3n) is 2.84. The number of aromatic nitrogens is 2. The van der Waals surface area contributed by atoms with Crippen LogP contribution in [0.25, 0.3) is 0 Å². The molecule has 6 nitrogen and oxygen atoms in total. The molecule has 18 heavy (non-hydrogen) atoms. The number of hydrogen-bond acceptors (Lipinski definition) is 6. The summed E-state index contributed by atoms with van der Waals surface area (Å²) < 4.78 is 0. The molecule has 0 aliphatic heterocycles. The van der Waals surface area contributed by atoms with Crippen LogP contribution in [0.5, 0.6) is 11.5 Å². The maximum atomic E-state index is 12.1. The van der Waals surface area contributed by atoms with Crippen molar-refractivity contribution < 1.29 is 19.8 Å². The number of aromatic hydroxyl groups is 2. The number of phenols is 2. The van der Waals surface area contributed by atoms with Gasteiger partial charge in [-0.2, -0.15) is 10.2 Å². The summed E-state index contributed by atoms with van der Waals surface area (Å²) in [5.74, 6) is -1.79. The highest BCUT2D eigenvalue weighted by Gasteiger charge is 2.34. The lowest BCUT2D eigenvalue weighted by Crippen LogP contribution is -2.21. The molecule has 0 saturated heterocycles. The Morgan fingerprint density at radius 2 is 1.17 bits per heavy atom. The van der Waals surface area contributed by atoms with E-state index in [1.807, 2.05) is 0 Å². The largest absolute Gasteiger partial charge is 0.507 e. The van der Waals surface area contributed by atoms with Gasteiger partial charge in [-0.3, -0.25) is 9.59 Å². The highest BCUT2D eigenvalue weighted by molar-refractivity contribution is 6.29. The predicted octanol–water partition coefficient (Wildman–Crippen LogP) is 0.663. The van der Waals surface area contributed by atoms with Crippen LogP contribution in [0.15, 0.2) is 24.5 Å². The Kier molecular flexibility index (Phi) is 1.94. The molecular formula is C12H6N2O4. The van der Waals surface area contributed by atoms with Gasteiger partial charge in [-0.15, -0.1) is 0 Å². The molecule has 0 unspecified atom stereocenters. The van der Waals surface area contributed by atoms with Crippen LogP contribution in [0.1, 0.15) is 31.8 Å². The van der Waals surface area contributed by atoms with E-state index in [-0.39, 0.29) is 33.8 Å². The van der Waals surface area contributed by atoms with Crippen LogP contribution in [0.3, 0.4) is 0 Å². The van der Waals surface area contributed by atoms with Gasteiger partial charge in [0.05, 0.1) is 34.6 Å². The summed E-state index contributed by atoms with van der Waals surface area (Å²) in [6, 6.07) is 2.33. The number of hydrogen-bond donors (Lipinski definition) is 2. The van der Waals surface area contributed by atoms with E-state index < -0.39 is 11.6 Å². The summed E-state index contributed by atoms with van der Waals surface area (Å²) in [6.07, 6.45) is 2.34. The molecule has 2 aromatic rings. The molecule has 3 rings (SSSR count). The quantitative estimate of drug-likeness (QED) is 0.562. The lowest BCUT2D eigenvalue weighted by atomic mass is 9.84. The van der Waals surface area contributed by atoms with E-state index in [0.717, 1.165) is 0 Å². The van der Waals surface area contributed by atoms with Gasteiger partial charge in [-0.1, -0.05) is 0 Å². The first-order valence-electron chi connectivity index (χ1n) is 5.06. The minimum Gasteiger partial charge on any atom is -0.507 e. The summed E-state index contributed by atoms with van der Waals surface area (Å²) in [5, 5.41) is 26.4. The Morgan fingerprint density at radius 1 is 0.778 bits per heavy atom. The maximum Gasteiger partial charge on any atom is 0.200 e. The van der Waals surface area contributed by atoms with Gasteiger partial charge in [0.15, 0.2) is 11.6 Å². The van der Waals surface area contributed by atoms with Gasteiger partial charge in [-0.05, 0) is 12.1 Å². The molecule has 2 N–H and O–H groups in total. The first-order valence-corrected chi connectivity index (χ1v) is 5.06. The van der Waals surface area contributed by atoms with Gasteiger partial charge in [-0.25, -0.2) is 0 Å². The van der Waals surface area contributed by atoms with E-state index >= 15 is 0 Å². The van der Waals surface area contributed by atoms with E-state index in [4.69, 9.17) is 0 Å². The zero-order chi connectivity index (χ0) is 12.9.